The Balaban J connectivity index is 1.24. The second-order valence-electron chi connectivity index (χ2n) is 7.85. The first-order valence-corrected chi connectivity index (χ1v) is 11.1. The summed E-state index contributed by atoms with van der Waals surface area (Å²) in [6.07, 6.45) is 5.91. The average molecular weight is 458 g/mol. The standard InChI is InChI=1S/C27H27N3O4/c1-19(21-5-11-24(12-6-21)33-18-20-4-3-15-28-16-20)30-26(31)13-14-27-29-17-25(34-27)22-7-9-23(32-2)10-8-22/h3-12,15-17,19H,13-14,18H2,1-2H3,(H,30,31). The van der Waals surface area contributed by atoms with E-state index in [1.807, 2.05) is 67.6 Å². The fourth-order valence-corrected chi connectivity index (χ4v) is 3.43. The van der Waals surface area contributed by atoms with E-state index in [0.29, 0.717) is 31.1 Å². The summed E-state index contributed by atoms with van der Waals surface area (Å²) in [4.78, 5) is 20.8. The van der Waals surface area contributed by atoms with Crippen LogP contribution in [0.1, 0.15) is 36.4 Å². The van der Waals surface area contributed by atoms with Gasteiger partial charge in [0.15, 0.2) is 11.7 Å². The Labute approximate surface area is 198 Å². The monoisotopic (exact) mass is 457 g/mol. The summed E-state index contributed by atoms with van der Waals surface area (Å²) in [6.45, 7) is 2.41. The van der Waals surface area contributed by atoms with Crippen molar-refractivity contribution in [2.24, 2.45) is 0 Å². The maximum Gasteiger partial charge on any atom is 0.220 e. The smallest absolute Gasteiger partial charge is 0.220 e. The number of rotatable bonds is 10. The molecule has 4 aromatic rings. The van der Waals surface area contributed by atoms with Gasteiger partial charge in [-0.3, -0.25) is 9.78 Å². The van der Waals surface area contributed by atoms with E-state index in [9.17, 15) is 4.79 Å². The summed E-state index contributed by atoms with van der Waals surface area (Å²) in [5, 5.41) is 3.02. The Kier molecular flexibility index (Phi) is 7.55. The van der Waals surface area contributed by atoms with Crippen molar-refractivity contribution in [2.45, 2.75) is 32.4 Å². The first-order valence-electron chi connectivity index (χ1n) is 11.1. The van der Waals surface area contributed by atoms with Crippen molar-refractivity contribution in [3.8, 4) is 22.8 Å². The van der Waals surface area contributed by atoms with E-state index >= 15 is 0 Å². The van der Waals surface area contributed by atoms with Gasteiger partial charge in [0, 0.05) is 36.4 Å². The van der Waals surface area contributed by atoms with Gasteiger partial charge in [-0.1, -0.05) is 18.2 Å². The Hall–Kier alpha value is -4.13. The van der Waals surface area contributed by atoms with Crippen LogP contribution in [-0.2, 0) is 17.8 Å². The van der Waals surface area contributed by atoms with Gasteiger partial charge in [-0.2, -0.15) is 0 Å². The van der Waals surface area contributed by atoms with Crippen molar-refractivity contribution >= 4 is 5.91 Å². The lowest BCUT2D eigenvalue weighted by molar-refractivity contribution is -0.121. The highest BCUT2D eigenvalue weighted by Crippen LogP contribution is 2.24. The molecule has 1 atom stereocenters. The maximum absolute atomic E-state index is 12.4. The van der Waals surface area contributed by atoms with Crippen LogP contribution in [0.5, 0.6) is 11.5 Å². The number of amides is 1. The molecule has 2 aromatic heterocycles. The SMILES string of the molecule is COc1ccc(-c2cnc(CCC(=O)NC(C)c3ccc(OCc4cccnc4)cc3)o2)cc1. The van der Waals surface area contributed by atoms with Gasteiger partial charge in [-0.05, 0) is 55.0 Å². The number of hydrogen-bond acceptors (Lipinski definition) is 6. The van der Waals surface area contributed by atoms with Crippen LogP contribution in [-0.4, -0.2) is 23.0 Å². The number of nitrogens with one attached hydrogen (secondary N) is 1. The summed E-state index contributed by atoms with van der Waals surface area (Å²) in [7, 11) is 1.63. The number of aryl methyl sites for hydroxylation is 1. The predicted molar refractivity (Wildman–Crippen MR) is 128 cm³/mol. The number of ether oxygens (including phenoxy) is 2. The lowest BCUT2D eigenvalue weighted by atomic mass is 10.1. The third-order valence-electron chi connectivity index (χ3n) is 5.38. The highest BCUT2D eigenvalue weighted by atomic mass is 16.5. The first kappa shape index (κ1) is 23.0. The molecule has 1 unspecified atom stereocenters. The summed E-state index contributed by atoms with van der Waals surface area (Å²) >= 11 is 0. The van der Waals surface area contributed by atoms with Crippen molar-refractivity contribution < 1.29 is 18.7 Å². The van der Waals surface area contributed by atoms with E-state index in [2.05, 4.69) is 15.3 Å². The quantitative estimate of drug-likeness (QED) is 0.355. The molecule has 0 aliphatic heterocycles. The van der Waals surface area contributed by atoms with Crippen molar-refractivity contribution in [1.29, 1.82) is 0 Å². The van der Waals surface area contributed by atoms with Crippen LogP contribution in [0, 0.1) is 0 Å². The largest absolute Gasteiger partial charge is 0.497 e. The van der Waals surface area contributed by atoms with Gasteiger partial charge in [-0.15, -0.1) is 0 Å². The molecular weight excluding hydrogens is 430 g/mol. The van der Waals surface area contributed by atoms with Crippen molar-refractivity contribution in [1.82, 2.24) is 15.3 Å². The van der Waals surface area contributed by atoms with Gasteiger partial charge in [-0.25, -0.2) is 4.98 Å². The molecule has 2 heterocycles. The number of aromatic nitrogens is 2. The van der Waals surface area contributed by atoms with Crippen LogP contribution in [0.4, 0.5) is 0 Å². The second kappa shape index (κ2) is 11.1. The molecule has 174 valence electrons. The number of pyridine rings is 1. The van der Waals surface area contributed by atoms with Crippen LogP contribution in [0.15, 0.2) is 83.7 Å². The van der Waals surface area contributed by atoms with Gasteiger partial charge >= 0.3 is 0 Å². The molecule has 2 aromatic carbocycles. The number of methoxy groups -OCH3 is 1. The first-order chi connectivity index (χ1) is 16.6. The van der Waals surface area contributed by atoms with E-state index in [1.54, 1.807) is 25.7 Å². The Morgan fingerprint density at radius 1 is 1.03 bits per heavy atom. The molecule has 0 bridgehead atoms. The Morgan fingerprint density at radius 2 is 1.79 bits per heavy atom. The zero-order valence-electron chi connectivity index (χ0n) is 19.2. The second-order valence-corrected chi connectivity index (χ2v) is 7.85. The van der Waals surface area contributed by atoms with Crippen molar-refractivity contribution in [2.75, 3.05) is 7.11 Å². The Morgan fingerprint density at radius 3 is 2.50 bits per heavy atom. The number of oxazole rings is 1. The van der Waals surface area contributed by atoms with Crippen molar-refractivity contribution in [3.05, 3.63) is 96.3 Å². The molecule has 1 amide bonds. The van der Waals surface area contributed by atoms with E-state index in [4.69, 9.17) is 13.9 Å². The minimum absolute atomic E-state index is 0.0615. The van der Waals surface area contributed by atoms with Crippen LogP contribution in [0.25, 0.3) is 11.3 Å². The maximum atomic E-state index is 12.4. The lowest BCUT2D eigenvalue weighted by Gasteiger charge is -2.15. The molecule has 0 aliphatic carbocycles. The minimum Gasteiger partial charge on any atom is -0.497 e. The van der Waals surface area contributed by atoms with Crippen LogP contribution >= 0.6 is 0 Å². The molecule has 0 fully saturated rings. The number of carbonyl (C=O) groups excluding carboxylic acids is 1. The number of nitrogens with zero attached hydrogens (tertiary/aromatic N) is 2. The number of hydrogen-bond donors (Lipinski definition) is 1. The van der Waals surface area contributed by atoms with Crippen LogP contribution in [0.3, 0.4) is 0 Å². The summed E-state index contributed by atoms with van der Waals surface area (Å²) in [5.74, 6) is 2.68. The highest BCUT2D eigenvalue weighted by Gasteiger charge is 2.13. The Bertz CT molecular complexity index is 1190. The van der Waals surface area contributed by atoms with E-state index in [1.165, 1.54) is 0 Å². The van der Waals surface area contributed by atoms with E-state index < -0.39 is 0 Å². The minimum atomic E-state index is -0.126. The fraction of sp³-hybridized carbons (Fsp3) is 0.222. The van der Waals surface area contributed by atoms with E-state index in [-0.39, 0.29) is 11.9 Å². The molecule has 0 saturated heterocycles. The van der Waals surface area contributed by atoms with Gasteiger partial charge in [0.05, 0.1) is 19.3 Å². The normalized spacial score (nSPS) is 11.6. The molecule has 7 heteroatoms. The average Bonchev–Trinajstić information content (AvgIpc) is 3.36. The molecule has 0 saturated carbocycles. The molecule has 1 N–H and O–H groups in total. The fourth-order valence-electron chi connectivity index (χ4n) is 3.43. The third-order valence-corrected chi connectivity index (χ3v) is 5.38. The molecule has 34 heavy (non-hydrogen) atoms. The molecule has 0 spiro atoms. The molecule has 7 nitrogen and oxygen atoms in total. The number of carbonyl (C=O) groups is 1. The molecule has 0 aliphatic rings. The van der Waals surface area contributed by atoms with Crippen LogP contribution < -0.4 is 14.8 Å². The predicted octanol–water partition coefficient (Wildman–Crippen LogP) is 5.13. The van der Waals surface area contributed by atoms with Gasteiger partial charge in [0.2, 0.25) is 5.91 Å². The summed E-state index contributed by atoms with van der Waals surface area (Å²) in [6, 6.07) is 19.0. The van der Waals surface area contributed by atoms with Gasteiger partial charge < -0.3 is 19.2 Å². The summed E-state index contributed by atoms with van der Waals surface area (Å²) in [5.41, 5.74) is 2.92. The van der Waals surface area contributed by atoms with E-state index in [0.717, 1.165) is 28.2 Å². The number of benzene rings is 2. The van der Waals surface area contributed by atoms with Crippen LogP contribution in [0.2, 0.25) is 0 Å². The molecular formula is C27H27N3O4. The third kappa shape index (κ3) is 6.22. The summed E-state index contributed by atoms with van der Waals surface area (Å²) < 4.78 is 16.8. The van der Waals surface area contributed by atoms with Crippen molar-refractivity contribution in [3.63, 3.8) is 0 Å². The zero-order chi connectivity index (χ0) is 23.8. The van der Waals surface area contributed by atoms with Gasteiger partial charge in [0.1, 0.15) is 18.1 Å². The lowest BCUT2D eigenvalue weighted by Crippen LogP contribution is -2.26. The zero-order valence-corrected chi connectivity index (χ0v) is 19.2. The molecule has 4 rings (SSSR count). The van der Waals surface area contributed by atoms with Gasteiger partial charge in [0.25, 0.3) is 0 Å². The topological polar surface area (TPSA) is 86.5 Å². The highest BCUT2D eigenvalue weighted by molar-refractivity contribution is 5.76. The molecule has 0 radical (unpaired) electrons.